The first kappa shape index (κ1) is 9.31. The van der Waals surface area contributed by atoms with Crippen molar-refractivity contribution >= 4 is 15.9 Å². The Morgan fingerprint density at radius 2 is 2.00 bits per heavy atom. The Bertz CT molecular complexity index is 132. The van der Waals surface area contributed by atoms with Crippen molar-refractivity contribution < 1.29 is 0 Å². The Morgan fingerprint density at radius 3 is 2.55 bits per heavy atom. The lowest BCUT2D eigenvalue weighted by atomic mass is 9.85. The van der Waals surface area contributed by atoms with Crippen LogP contribution in [0.2, 0.25) is 0 Å². The molecule has 0 N–H and O–H groups in total. The van der Waals surface area contributed by atoms with Crippen LogP contribution < -0.4 is 0 Å². The molecule has 1 saturated carbocycles. The molecule has 0 aromatic carbocycles. The molecule has 0 nitrogen and oxygen atoms in total. The second-order valence-electron chi connectivity index (χ2n) is 3.66. The fraction of sp³-hybridized carbons (Fsp3) is 0.800. The topological polar surface area (TPSA) is 0 Å². The van der Waals surface area contributed by atoms with Crippen LogP contribution in [0, 0.1) is 5.92 Å². The number of hydrogen-bond acceptors (Lipinski definition) is 0. The predicted octanol–water partition coefficient (Wildman–Crippen LogP) is 4.26. The summed E-state index contributed by atoms with van der Waals surface area (Å²) >= 11 is 3.38. The second kappa shape index (κ2) is 4.97. The highest BCUT2D eigenvalue weighted by molar-refractivity contribution is 9.11. The van der Waals surface area contributed by atoms with Crippen LogP contribution in [0.5, 0.6) is 0 Å². The molecule has 0 unspecified atom stereocenters. The minimum atomic E-state index is 0.984. The van der Waals surface area contributed by atoms with Gasteiger partial charge in [0.15, 0.2) is 0 Å². The first-order chi connectivity index (χ1) is 5.33. The van der Waals surface area contributed by atoms with E-state index in [0.29, 0.717) is 0 Å². The van der Waals surface area contributed by atoms with Crippen molar-refractivity contribution in [3.63, 3.8) is 0 Å². The Kier molecular flexibility index (Phi) is 4.21. The van der Waals surface area contributed by atoms with E-state index in [1.807, 2.05) is 0 Å². The third kappa shape index (κ3) is 3.42. The van der Waals surface area contributed by atoms with Crippen molar-refractivity contribution in [1.82, 2.24) is 0 Å². The average molecular weight is 217 g/mol. The van der Waals surface area contributed by atoms with Crippen LogP contribution in [0.3, 0.4) is 0 Å². The van der Waals surface area contributed by atoms with E-state index in [-0.39, 0.29) is 0 Å². The van der Waals surface area contributed by atoms with Gasteiger partial charge in [0.25, 0.3) is 0 Å². The van der Waals surface area contributed by atoms with Crippen LogP contribution in [-0.2, 0) is 0 Å². The third-order valence-electron chi connectivity index (χ3n) is 2.52. The SMILES string of the molecule is CC(=CBr)CC1CCCCC1. The molecule has 0 heterocycles. The minimum Gasteiger partial charge on any atom is -0.0661 e. The van der Waals surface area contributed by atoms with Gasteiger partial charge in [-0.15, -0.1) is 0 Å². The van der Waals surface area contributed by atoms with Crippen LogP contribution in [0.4, 0.5) is 0 Å². The van der Waals surface area contributed by atoms with Gasteiger partial charge in [0.2, 0.25) is 0 Å². The molecule has 1 fully saturated rings. The number of hydrogen-bond donors (Lipinski definition) is 0. The van der Waals surface area contributed by atoms with Gasteiger partial charge in [0.1, 0.15) is 0 Å². The molecule has 1 heteroatoms. The van der Waals surface area contributed by atoms with Gasteiger partial charge < -0.3 is 0 Å². The zero-order valence-electron chi connectivity index (χ0n) is 7.28. The molecule has 0 amide bonds. The van der Waals surface area contributed by atoms with E-state index < -0.39 is 0 Å². The zero-order valence-corrected chi connectivity index (χ0v) is 8.86. The van der Waals surface area contributed by atoms with E-state index in [9.17, 15) is 0 Å². The Morgan fingerprint density at radius 1 is 1.36 bits per heavy atom. The summed E-state index contributed by atoms with van der Waals surface area (Å²) in [6.45, 7) is 2.21. The van der Waals surface area contributed by atoms with Crippen LogP contribution in [0.15, 0.2) is 10.6 Å². The Balaban J connectivity index is 2.24. The quantitative estimate of drug-likeness (QED) is 0.648. The number of halogens is 1. The summed E-state index contributed by atoms with van der Waals surface area (Å²) in [6.07, 6.45) is 8.61. The second-order valence-corrected chi connectivity index (χ2v) is 4.12. The molecule has 0 aromatic heterocycles. The molecule has 1 aliphatic carbocycles. The fourth-order valence-electron chi connectivity index (χ4n) is 1.89. The molecule has 64 valence electrons. The summed E-state index contributed by atoms with van der Waals surface area (Å²) in [7, 11) is 0. The maximum Gasteiger partial charge on any atom is -0.0200 e. The van der Waals surface area contributed by atoms with E-state index in [4.69, 9.17) is 0 Å². The molecule has 0 atom stereocenters. The van der Waals surface area contributed by atoms with E-state index >= 15 is 0 Å². The lowest BCUT2D eigenvalue weighted by molar-refractivity contribution is 0.356. The van der Waals surface area contributed by atoms with E-state index in [0.717, 1.165) is 5.92 Å². The van der Waals surface area contributed by atoms with Crippen LogP contribution in [-0.4, -0.2) is 0 Å². The molecule has 0 saturated heterocycles. The summed E-state index contributed by atoms with van der Waals surface area (Å²) in [6, 6.07) is 0. The van der Waals surface area contributed by atoms with Gasteiger partial charge in [-0.25, -0.2) is 0 Å². The van der Waals surface area contributed by atoms with Gasteiger partial charge in [0.05, 0.1) is 0 Å². The molecule has 1 rings (SSSR count). The summed E-state index contributed by atoms with van der Waals surface area (Å²) in [5, 5.41) is 0. The lowest BCUT2D eigenvalue weighted by Crippen LogP contribution is -2.06. The Labute approximate surface area is 78.2 Å². The molecule has 1 aliphatic rings. The average Bonchev–Trinajstić information content (AvgIpc) is 2.06. The van der Waals surface area contributed by atoms with Crippen molar-refractivity contribution in [2.45, 2.75) is 45.4 Å². The van der Waals surface area contributed by atoms with Gasteiger partial charge in [-0.1, -0.05) is 53.6 Å². The van der Waals surface area contributed by atoms with Crippen molar-refractivity contribution in [3.8, 4) is 0 Å². The third-order valence-corrected chi connectivity index (χ3v) is 3.30. The monoisotopic (exact) mass is 216 g/mol. The van der Waals surface area contributed by atoms with Crippen LogP contribution in [0.25, 0.3) is 0 Å². The van der Waals surface area contributed by atoms with Gasteiger partial charge in [0, 0.05) is 0 Å². The van der Waals surface area contributed by atoms with Gasteiger partial charge >= 0.3 is 0 Å². The molecule has 0 bridgehead atoms. The molecule has 0 radical (unpaired) electrons. The molecule has 0 aromatic rings. The van der Waals surface area contributed by atoms with Crippen molar-refractivity contribution in [2.24, 2.45) is 5.92 Å². The molecule has 0 spiro atoms. The van der Waals surface area contributed by atoms with Crippen molar-refractivity contribution in [1.29, 1.82) is 0 Å². The predicted molar refractivity (Wildman–Crippen MR) is 53.9 cm³/mol. The summed E-state index contributed by atoms with van der Waals surface area (Å²) in [5.74, 6) is 0.984. The minimum absolute atomic E-state index is 0.984. The molecule has 11 heavy (non-hydrogen) atoms. The molecular formula is C10H17Br. The van der Waals surface area contributed by atoms with Gasteiger partial charge in [-0.3, -0.25) is 0 Å². The van der Waals surface area contributed by atoms with Crippen molar-refractivity contribution in [2.75, 3.05) is 0 Å². The maximum absolute atomic E-state index is 3.38. The highest BCUT2D eigenvalue weighted by Gasteiger charge is 2.12. The standard InChI is InChI=1S/C10H17Br/c1-9(8-11)7-10-5-3-2-4-6-10/h8,10H,2-7H2,1H3. The lowest BCUT2D eigenvalue weighted by Gasteiger charge is -2.21. The normalized spacial score (nSPS) is 22.2. The van der Waals surface area contributed by atoms with Crippen LogP contribution in [0.1, 0.15) is 45.4 Å². The van der Waals surface area contributed by atoms with E-state index in [1.54, 1.807) is 0 Å². The maximum atomic E-state index is 3.38. The number of allylic oxidation sites excluding steroid dienone is 1. The van der Waals surface area contributed by atoms with E-state index in [2.05, 4.69) is 27.8 Å². The summed E-state index contributed by atoms with van der Waals surface area (Å²) in [5.41, 5.74) is 1.50. The van der Waals surface area contributed by atoms with Crippen molar-refractivity contribution in [3.05, 3.63) is 10.6 Å². The summed E-state index contributed by atoms with van der Waals surface area (Å²) < 4.78 is 0. The molecular weight excluding hydrogens is 200 g/mol. The first-order valence-electron chi connectivity index (χ1n) is 4.59. The zero-order chi connectivity index (χ0) is 8.10. The smallest absolute Gasteiger partial charge is 0.0200 e. The first-order valence-corrected chi connectivity index (χ1v) is 5.50. The van der Waals surface area contributed by atoms with Crippen LogP contribution >= 0.6 is 15.9 Å². The summed E-state index contributed by atoms with van der Waals surface area (Å²) in [4.78, 5) is 2.07. The van der Waals surface area contributed by atoms with Gasteiger partial charge in [-0.05, 0) is 24.2 Å². The highest BCUT2D eigenvalue weighted by Crippen LogP contribution is 2.28. The fourth-order valence-corrected chi connectivity index (χ4v) is 2.08. The Hall–Kier alpha value is 0.220. The van der Waals surface area contributed by atoms with Gasteiger partial charge in [-0.2, -0.15) is 0 Å². The highest BCUT2D eigenvalue weighted by atomic mass is 79.9. The van der Waals surface area contributed by atoms with E-state index in [1.165, 1.54) is 44.1 Å². The largest absolute Gasteiger partial charge is 0.0661 e. The number of rotatable bonds is 2. The molecule has 0 aliphatic heterocycles.